The number of hydrogen-bond acceptors (Lipinski definition) is 5. The number of nitrogens with two attached hydrogens (primary N) is 1. The van der Waals surface area contributed by atoms with Crippen molar-refractivity contribution >= 4 is 21.6 Å². The van der Waals surface area contributed by atoms with Crippen molar-refractivity contribution in [2.24, 2.45) is 9.50 Å². The standard InChI is InChI=1S/C21H27FN6O3S/c22-7-8-24-15-11-28-20(31-12-15)18(10-25-28)32(23,30)27-21(29)26-19-16-5-1-3-13(16)9-14-4-2-6-17(14)19/h9-10,15,24H,1-8,11-12H2,(H3,23,26,27,29,30). The van der Waals surface area contributed by atoms with E-state index in [1.165, 1.54) is 22.0 Å². The Hall–Kier alpha value is -2.50. The van der Waals surface area contributed by atoms with Gasteiger partial charge in [-0.3, -0.25) is 0 Å². The van der Waals surface area contributed by atoms with Gasteiger partial charge in [-0.25, -0.2) is 23.2 Å². The molecule has 5 rings (SSSR count). The largest absolute Gasteiger partial charge is 0.475 e. The molecule has 0 radical (unpaired) electrons. The zero-order valence-corrected chi connectivity index (χ0v) is 18.5. The molecule has 3 aliphatic rings. The molecule has 4 N–H and O–H groups in total. The smallest absolute Gasteiger partial charge is 0.354 e. The van der Waals surface area contributed by atoms with Gasteiger partial charge in [-0.1, -0.05) is 6.07 Å². The lowest BCUT2D eigenvalue weighted by Gasteiger charge is -2.25. The number of fused-ring (bicyclic) bond motifs is 3. The molecule has 1 aromatic heterocycles. The number of ether oxygens (including phenoxy) is 1. The molecule has 0 saturated heterocycles. The molecule has 1 aromatic carbocycles. The fourth-order valence-electron chi connectivity index (χ4n) is 4.93. The Kier molecular flexibility index (Phi) is 5.64. The molecule has 2 heterocycles. The van der Waals surface area contributed by atoms with Crippen LogP contribution in [0.15, 0.2) is 21.5 Å². The maximum atomic E-state index is 13.2. The van der Waals surface area contributed by atoms with Crippen molar-refractivity contribution in [1.82, 2.24) is 15.1 Å². The predicted molar refractivity (Wildman–Crippen MR) is 118 cm³/mol. The second kappa shape index (κ2) is 8.45. The summed E-state index contributed by atoms with van der Waals surface area (Å²) in [6.07, 6.45) is 7.30. The first-order chi connectivity index (χ1) is 15.5. The van der Waals surface area contributed by atoms with Gasteiger partial charge in [0.2, 0.25) is 5.88 Å². The molecule has 2 aliphatic carbocycles. The minimum absolute atomic E-state index is 0.0834. The molecule has 2 unspecified atom stereocenters. The van der Waals surface area contributed by atoms with Crippen molar-refractivity contribution in [2.45, 2.75) is 56.0 Å². The number of halogens is 1. The topological polar surface area (TPSA) is 124 Å². The van der Waals surface area contributed by atoms with Gasteiger partial charge < -0.3 is 15.4 Å². The van der Waals surface area contributed by atoms with Crippen LogP contribution in [-0.4, -0.2) is 45.9 Å². The molecule has 32 heavy (non-hydrogen) atoms. The van der Waals surface area contributed by atoms with Gasteiger partial charge in [0.25, 0.3) is 0 Å². The number of alkyl halides is 1. The Bertz CT molecular complexity index is 1150. The number of amides is 2. The zero-order valence-electron chi connectivity index (χ0n) is 17.7. The van der Waals surface area contributed by atoms with Gasteiger partial charge in [-0.15, -0.1) is 4.36 Å². The number of carbonyl (C=O) groups is 1. The maximum absolute atomic E-state index is 13.2. The summed E-state index contributed by atoms with van der Waals surface area (Å²) >= 11 is 0. The lowest BCUT2D eigenvalue weighted by molar-refractivity contribution is 0.177. The van der Waals surface area contributed by atoms with E-state index in [9.17, 15) is 13.4 Å². The number of rotatable bonds is 5. The quantitative estimate of drug-likeness (QED) is 0.628. The number of anilines is 1. The van der Waals surface area contributed by atoms with E-state index >= 15 is 0 Å². The Balaban J connectivity index is 1.39. The Morgan fingerprint density at radius 3 is 2.69 bits per heavy atom. The van der Waals surface area contributed by atoms with Gasteiger partial charge in [-0.2, -0.15) is 5.10 Å². The fourth-order valence-corrected chi connectivity index (χ4v) is 5.93. The number of aromatic nitrogens is 2. The highest BCUT2D eigenvalue weighted by Gasteiger charge is 2.29. The van der Waals surface area contributed by atoms with Gasteiger partial charge >= 0.3 is 6.03 Å². The Morgan fingerprint density at radius 1 is 1.28 bits per heavy atom. The van der Waals surface area contributed by atoms with Crippen LogP contribution in [0.4, 0.5) is 14.9 Å². The van der Waals surface area contributed by atoms with Crippen LogP contribution in [0.2, 0.25) is 0 Å². The molecule has 2 atom stereocenters. The van der Waals surface area contributed by atoms with E-state index in [1.54, 1.807) is 0 Å². The van der Waals surface area contributed by atoms with Crippen molar-refractivity contribution < 1.29 is 18.1 Å². The van der Waals surface area contributed by atoms with E-state index in [0.717, 1.165) is 55.3 Å². The molecule has 0 bridgehead atoms. The molecule has 0 spiro atoms. The number of benzene rings is 1. The molecule has 1 aliphatic heterocycles. The van der Waals surface area contributed by atoms with Crippen molar-refractivity contribution in [3.63, 3.8) is 0 Å². The average molecular weight is 463 g/mol. The van der Waals surface area contributed by atoms with E-state index in [1.807, 2.05) is 0 Å². The summed E-state index contributed by atoms with van der Waals surface area (Å²) in [4.78, 5) is 12.9. The first-order valence-corrected chi connectivity index (χ1v) is 12.5. The number of nitrogens with zero attached hydrogens (tertiary/aromatic N) is 3. The molecule has 9 nitrogen and oxygen atoms in total. The van der Waals surface area contributed by atoms with Crippen molar-refractivity contribution in [3.05, 3.63) is 34.5 Å². The highest BCUT2D eigenvalue weighted by molar-refractivity contribution is 7.91. The normalized spacial score (nSPS) is 20.6. The first-order valence-electron chi connectivity index (χ1n) is 11.0. The van der Waals surface area contributed by atoms with Gasteiger partial charge in [0.15, 0.2) is 9.92 Å². The third-order valence-corrected chi connectivity index (χ3v) is 7.69. The number of urea groups is 1. The SMILES string of the molecule is NS(=O)(=NC(=O)Nc1c2c(cc3c1CCC3)CCC2)c1cnn2c1OCC(NCCF)C2. The molecule has 2 amide bonds. The van der Waals surface area contributed by atoms with E-state index < -0.39 is 22.6 Å². The average Bonchev–Trinajstić information content (AvgIpc) is 3.50. The second-order valence-electron chi connectivity index (χ2n) is 8.47. The Morgan fingerprint density at radius 2 is 2.00 bits per heavy atom. The molecule has 0 fully saturated rings. The summed E-state index contributed by atoms with van der Waals surface area (Å²) in [6, 6.07) is 1.42. The van der Waals surface area contributed by atoms with Crippen LogP contribution < -0.4 is 20.5 Å². The summed E-state index contributed by atoms with van der Waals surface area (Å²) in [7, 11) is -3.57. The highest BCUT2D eigenvalue weighted by Crippen LogP contribution is 2.38. The van der Waals surface area contributed by atoms with Gasteiger partial charge in [0.1, 0.15) is 18.2 Å². The lowest BCUT2D eigenvalue weighted by atomic mass is 9.99. The monoisotopic (exact) mass is 462 g/mol. The number of nitrogens with one attached hydrogen (secondary N) is 2. The molecular weight excluding hydrogens is 435 g/mol. The van der Waals surface area contributed by atoms with Crippen LogP contribution in [0.5, 0.6) is 5.88 Å². The van der Waals surface area contributed by atoms with Crippen molar-refractivity contribution in [2.75, 3.05) is 25.1 Å². The number of hydrogen-bond donors (Lipinski definition) is 3. The van der Waals surface area contributed by atoms with Crippen LogP contribution in [-0.2, 0) is 42.1 Å². The summed E-state index contributed by atoms with van der Waals surface area (Å²) < 4.78 is 36.6. The molecular formula is C21H27FN6O3S. The minimum atomic E-state index is -3.57. The number of aryl methyl sites for hydroxylation is 2. The summed E-state index contributed by atoms with van der Waals surface area (Å²) in [5, 5.41) is 16.1. The van der Waals surface area contributed by atoms with Gasteiger partial charge in [-0.05, 0) is 60.8 Å². The van der Waals surface area contributed by atoms with E-state index in [-0.39, 0.29) is 30.0 Å². The fraction of sp³-hybridized carbons (Fsp3) is 0.524. The molecule has 11 heteroatoms. The molecule has 172 valence electrons. The van der Waals surface area contributed by atoms with E-state index in [2.05, 4.69) is 26.2 Å². The van der Waals surface area contributed by atoms with Crippen LogP contribution in [0.1, 0.15) is 35.1 Å². The lowest BCUT2D eigenvalue weighted by Crippen LogP contribution is -2.42. The van der Waals surface area contributed by atoms with Crippen LogP contribution in [0, 0.1) is 0 Å². The summed E-state index contributed by atoms with van der Waals surface area (Å²) in [6.45, 7) is 0.404. The number of carbonyl (C=O) groups excluding carboxylic acids is 1. The van der Waals surface area contributed by atoms with E-state index in [0.29, 0.717) is 6.54 Å². The predicted octanol–water partition coefficient (Wildman–Crippen LogP) is 2.11. The summed E-state index contributed by atoms with van der Waals surface area (Å²) in [5.74, 6) is 0.230. The zero-order chi connectivity index (χ0) is 22.3. The summed E-state index contributed by atoms with van der Waals surface area (Å²) in [5.41, 5.74) is 5.71. The van der Waals surface area contributed by atoms with Crippen LogP contribution in [0.3, 0.4) is 0 Å². The molecule has 0 saturated carbocycles. The Labute approximate surface area is 186 Å². The third kappa shape index (κ3) is 3.89. The van der Waals surface area contributed by atoms with Gasteiger partial charge in [0, 0.05) is 12.2 Å². The second-order valence-corrected chi connectivity index (χ2v) is 10.2. The van der Waals surface area contributed by atoms with Crippen LogP contribution in [0.25, 0.3) is 0 Å². The maximum Gasteiger partial charge on any atom is 0.354 e. The van der Waals surface area contributed by atoms with Crippen molar-refractivity contribution in [1.29, 1.82) is 0 Å². The highest BCUT2D eigenvalue weighted by atomic mass is 32.2. The molecule has 2 aromatic rings. The van der Waals surface area contributed by atoms with Crippen LogP contribution >= 0.6 is 0 Å². The first kappa shape index (κ1) is 21.4. The minimum Gasteiger partial charge on any atom is -0.475 e. The van der Waals surface area contributed by atoms with Crippen molar-refractivity contribution in [3.8, 4) is 5.88 Å². The van der Waals surface area contributed by atoms with E-state index in [4.69, 9.17) is 9.88 Å². The third-order valence-electron chi connectivity index (χ3n) is 6.34. The van der Waals surface area contributed by atoms with Gasteiger partial charge in [0.05, 0.1) is 18.8 Å².